The summed E-state index contributed by atoms with van der Waals surface area (Å²) in [5.41, 5.74) is 0.421. The molecule has 8 unspecified atom stereocenters. The fraction of sp³-hybridized carbons (Fsp3) is 1.00. The molecule has 0 spiro atoms. The largest absolute Gasteiger partial charge is 0.436 e. The van der Waals surface area contributed by atoms with Crippen LogP contribution < -0.4 is 0 Å². The smallest absolute Gasteiger partial charge is 0.321 e. The Morgan fingerprint density at radius 1 is 0.721 bits per heavy atom. The molecule has 10 heteroatoms. The first kappa shape index (κ1) is 34.9. The van der Waals surface area contributed by atoms with Gasteiger partial charge in [-0.1, -0.05) is 13.8 Å². The van der Waals surface area contributed by atoms with Gasteiger partial charge in [-0.15, -0.1) is 0 Å². The van der Waals surface area contributed by atoms with Gasteiger partial charge in [0.15, 0.2) is 17.4 Å². The van der Waals surface area contributed by atoms with Crippen molar-refractivity contribution in [1.29, 1.82) is 0 Å². The van der Waals surface area contributed by atoms with E-state index in [1.807, 2.05) is 0 Å². The minimum Gasteiger partial charge on any atom is -0.436 e. The predicted molar refractivity (Wildman–Crippen MR) is 184 cm³/mol. The zero-order valence-corrected chi connectivity index (χ0v) is 33.6. The van der Waals surface area contributed by atoms with Gasteiger partial charge in [-0.05, 0) is 160 Å². The highest BCUT2D eigenvalue weighted by atomic mass is 28.4. The number of ether oxygens (including phenoxy) is 2. The maximum absolute atomic E-state index is 6.96. The van der Waals surface area contributed by atoms with Crippen LogP contribution in [0.15, 0.2) is 0 Å². The number of hydrogen-bond acceptors (Lipinski definition) is 6. The Labute approximate surface area is 269 Å². The van der Waals surface area contributed by atoms with Crippen molar-refractivity contribution < 1.29 is 26.6 Å². The summed E-state index contributed by atoms with van der Waals surface area (Å²) < 4.78 is 39.2. The molecule has 2 heterocycles. The molecule has 0 bridgehead atoms. The minimum atomic E-state index is -2.21. The lowest BCUT2D eigenvalue weighted by atomic mass is 9.77. The number of rotatable bonds is 14. The van der Waals surface area contributed by atoms with Gasteiger partial charge in [0.2, 0.25) is 0 Å². The minimum absolute atomic E-state index is 0.208. The molecule has 8 atom stereocenters. The van der Waals surface area contributed by atoms with Crippen LogP contribution in [0.4, 0.5) is 0 Å². The molecule has 0 aromatic heterocycles. The Morgan fingerprint density at radius 3 is 1.67 bits per heavy atom. The van der Waals surface area contributed by atoms with Crippen LogP contribution in [0.3, 0.4) is 0 Å². The van der Waals surface area contributed by atoms with Gasteiger partial charge in [-0.2, -0.15) is 0 Å². The average molecular weight is 670 g/mol. The van der Waals surface area contributed by atoms with Gasteiger partial charge in [0, 0.05) is 12.2 Å². The van der Waals surface area contributed by atoms with Gasteiger partial charge in [-0.3, -0.25) is 0 Å². The van der Waals surface area contributed by atoms with Crippen LogP contribution in [0.25, 0.3) is 0 Å². The lowest BCUT2D eigenvalue weighted by molar-refractivity contribution is 0.0509. The highest BCUT2D eigenvalue weighted by Gasteiger charge is 2.57. The molecular formula is C33H65O6Si4. The van der Waals surface area contributed by atoms with Crippen LogP contribution in [0.1, 0.15) is 91.9 Å². The fourth-order valence-electron chi connectivity index (χ4n) is 9.23. The molecule has 2 aliphatic heterocycles. The first-order valence-corrected chi connectivity index (χ1v) is 28.7. The van der Waals surface area contributed by atoms with Crippen LogP contribution in [0.5, 0.6) is 0 Å². The maximum Gasteiger partial charge on any atom is 0.321 e. The van der Waals surface area contributed by atoms with E-state index in [-0.39, 0.29) is 11.2 Å². The lowest BCUT2D eigenvalue weighted by Gasteiger charge is -2.40. The number of epoxide rings is 2. The maximum atomic E-state index is 6.96. The van der Waals surface area contributed by atoms with Crippen molar-refractivity contribution in [3.05, 3.63) is 0 Å². The van der Waals surface area contributed by atoms with Crippen LogP contribution in [-0.4, -0.2) is 70.1 Å². The molecule has 6 nitrogen and oxygen atoms in total. The summed E-state index contributed by atoms with van der Waals surface area (Å²) in [6.07, 6.45) is 13.5. The van der Waals surface area contributed by atoms with E-state index in [4.69, 9.17) is 26.6 Å². The first-order valence-electron chi connectivity index (χ1n) is 17.8. The number of hydrogen-bond donors (Lipinski definition) is 0. The summed E-state index contributed by atoms with van der Waals surface area (Å²) in [4.78, 5) is 0. The van der Waals surface area contributed by atoms with Gasteiger partial charge >= 0.3 is 17.1 Å². The van der Waals surface area contributed by atoms with Crippen molar-refractivity contribution in [1.82, 2.24) is 0 Å². The Morgan fingerprint density at radius 2 is 1.19 bits per heavy atom. The van der Waals surface area contributed by atoms with Crippen molar-refractivity contribution in [3.8, 4) is 0 Å². The third-order valence-corrected chi connectivity index (χ3v) is 23.8. The second-order valence-corrected chi connectivity index (χ2v) is 30.8. The monoisotopic (exact) mass is 669 g/mol. The van der Waals surface area contributed by atoms with Crippen LogP contribution >= 0.6 is 0 Å². The van der Waals surface area contributed by atoms with Gasteiger partial charge < -0.3 is 26.6 Å². The molecule has 43 heavy (non-hydrogen) atoms. The van der Waals surface area contributed by atoms with Crippen LogP contribution in [0, 0.1) is 23.7 Å². The van der Waals surface area contributed by atoms with Crippen molar-refractivity contribution in [3.63, 3.8) is 0 Å². The highest BCUT2D eigenvalue weighted by Crippen LogP contribution is 2.52. The Balaban J connectivity index is 0.994. The topological polar surface area (TPSA) is 62.0 Å². The molecule has 5 aliphatic rings. The van der Waals surface area contributed by atoms with Gasteiger partial charge in [0.1, 0.15) is 0 Å². The van der Waals surface area contributed by atoms with E-state index in [1.54, 1.807) is 0 Å². The molecule has 0 aromatic rings. The van der Waals surface area contributed by atoms with Crippen LogP contribution in [-0.2, 0) is 26.6 Å². The molecule has 249 valence electrons. The van der Waals surface area contributed by atoms with Gasteiger partial charge in [0.25, 0.3) is 0 Å². The van der Waals surface area contributed by atoms with E-state index in [9.17, 15) is 0 Å². The quantitative estimate of drug-likeness (QED) is 0.136. The van der Waals surface area contributed by atoms with Crippen LogP contribution in [0.2, 0.25) is 57.9 Å². The molecule has 5 rings (SSSR count). The normalized spacial score (nSPS) is 39.6. The van der Waals surface area contributed by atoms with E-state index in [0.29, 0.717) is 36.3 Å². The molecule has 2 saturated heterocycles. The summed E-state index contributed by atoms with van der Waals surface area (Å²) >= 11 is 0. The summed E-state index contributed by atoms with van der Waals surface area (Å²) in [7, 11) is -7.08. The van der Waals surface area contributed by atoms with E-state index in [0.717, 1.165) is 37.5 Å². The fourth-order valence-corrected chi connectivity index (χ4v) is 24.2. The summed E-state index contributed by atoms with van der Waals surface area (Å²) in [6, 6.07) is 2.43. The standard InChI is InChI=1S/C33H65O6Si4/c1-24(26-16-18-32(3)30(20-26)34-32)22-40(5)38-42(8,9)36-28-12-14-29(15-13-28)37-43(10,11)39-41(6,7)23-25(2)27-17-19-33(4)31(21-27)35-33/h24-31H,12-23H2,1-11H3. The number of fused-ring (bicyclic) bond motifs is 2. The van der Waals surface area contributed by atoms with Gasteiger partial charge in [0.05, 0.1) is 23.4 Å². The first-order chi connectivity index (χ1) is 19.9. The molecule has 0 N–H and O–H groups in total. The third kappa shape index (κ3) is 9.38. The van der Waals surface area contributed by atoms with Crippen molar-refractivity contribution >= 4 is 34.5 Å². The SMILES string of the molecule is CC(C[Si](C)O[Si](C)(C)OC1CCC(O[Si](C)(C)O[Si](C)(C)CC(C)C2CCC3(C)OC3C2)CC1)C1CCC2(C)OC2C1. The van der Waals surface area contributed by atoms with E-state index in [2.05, 4.69) is 73.5 Å². The molecule has 5 fully saturated rings. The second-order valence-electron chi connectivity index (χ2n) is 17.4. The zero-order chi connectivity index (χ0) is 31.4. The van der Waals surface area contributed by atoms with Crippen molar-refractivity contribution in [2.24, 2.45) is 23.7 Å². The molecule has 3 aliphatic carbocycles. The predicted octanol–water partition coefficient (Wildman–Crippen LogP) is 8.78. The summed E-state index contributed by atoms with van der Waals surface area (Å²) in [5.74, 6) is 2.99. The average Bonchev–Trinajstić information content (AvgIpc) is 3.74. The van der Waals surface area contributed by atoms with Gasteiger partial charge in [-0.25, -0.2) is 0 Å². The molecule has 0 amide bonds. The Hall–Kier alpha value is 0.628. The molecule has 1 radical (unpaired) electrons. The molecule has 0 aromatic carbocycles. The second kappa shape index (κ2) is 12.9. The molecular weight excluding hydrogens is 605 g/mol. The highest BCUT2D eigenvalue weighted by molar-refractivity contribution is 6.82. The van der Waals surface area contributed by atoms with E-state index in [1.165, 1.54) is 50.6 Å². The van der Waals surface area contributed by atoms with E-state index >= 15 is 0 Å². The molecule has 3 saturated carbocycles. The van der Waals surface area contributed by atoms with E-state index < -0.39 is 34.5 Å². The lowest BCUT2D eigenvalue weighted by Crippen LogP contribution is -2.50. The Kier molecular flexibility index (Phi) is 10.5. The van der Waals surface area contributed by atoms with Crippen molar-refractivity contribution in [2.75, 3.05) is 0 Å². The van der Waals surface area contributed by atoms with Crippen molar-refractivity contribution in [2.45, 2.75) is 185 Å². The Bertz CT molecular complexity index is 958. The third-order valence-electron chi connectivity index (χ3n) is 11.6. The summed E-state index contributed by atoms with van der Waals surface area (Å²) in [6.45, 7) is 25.7. The summed E-state index contributed by atoms with van der Waals surface area (Å²) in [5, 5.41) is 0. The zero-order valence-electron chi connectivity index (χ0n) is 29.6.